The lowest BCUT2D eigenvalue weighted by atomic mass is 10.2. The van der Waals surface area contributed by atoms with Crippen LogP contribution in [0.2, 0.25) is 0 Å². The van der Waals surface area contributed by atoms with E-state index in [4.69, 9.17) is 0 Å². The van der Waals surface area contributed by atoms with Crippen molar-refractivity contribution in [2.75, 3.05) is 18.4 Å². The molecule has 10 heteroatoms. The first kappa shape index (κ1) is 18.5. The number of aryl methyl sites for hydroxylation is 1. The average molecular weight is 400 g/mol. The molecule has 1 aliphatic heterocycles. The highest BCUT2D eigenvalue weighted by molar-refractivity contribution is 7.89. The summed E-state index contributed by atoms with van der Waals surface area (Å²) in [4.78, 5) is 20.9. The molecule has 0 bridgehead atoms. The maximum absolute atomic E-state index is 12.8. The molecule has 3 aromatic rings. The highest BCUT2D eigenvalue weighted by atomic mass is 32.2. The Bertz CT molecular complexity index is 1140. The zero-order valence-corrected chi connectivity index (χ0v) is 16.2. The van der Waals surface area contributed by atoms with Gasteiger partial charge in [0.1, 0.15) is 0 Å². The van der Waals surface area contributed by atoms with Crippen molar-refractivity contribution >= 4 is 27.4 Å². The first-order chi connectivity index (χ1) is 13.4. The van der Waals surface area contributed by atoms with Gasteiger partial charge in [-0.05, 0) is 44.0 Å². The van der Waals surface area contributed by atoms with E-state index >= 15 is 0 Å². The Hall–Kier alpha value is -2.85. The summed E-state index contributed by atoms with van der Waals surface area (Å²) in [5.41, 5.74) is 1.16. The third-order valence-corrected chi connectivity index (χ3v) is 6.57. The molecule has 1 N–H and O–H groups in total. The fourth-order valence-electron chi connectivity index (χ4n) is 3.18. The molecule has 0 spiro atoms. The van der Waals surface area contributed by atoms with Gasteiger partial charge in [0, 0.05) is 30.7 Å². The molecule has 1 aromatic carbocycles. The molecule has 1 aliphatic rings. The molecule has 0 saturated carbocycles. The normalized spacial score (nSPS) is 15.6. The maximum atomic E-state index is 12.8. The number of carbonyl (C=O) groups is 1. The summed E-state index contributed by atoms with van der Waals surface area (Å²) >= 11 is 0. The van der Waals surface area contributed by atoms with Crippen LogP contribution in [0.25, 0.3) is 5.78 Å². The van der Waals surface area contributed by atoms with Crippen molar-refractivity contribution in [3.63, 3.8) is 0 Å². The van der Waals surface area contributed by atoms with Crippen LogP contribution in [-0.4, -0.2) is 51.3 Å². The lowest BCUT2D eigenvalue weighted by Crippen LogP contribution is -2.35. The Labute approximate surface area is 162 Å². The van der Waals surface area contributed by atoms with E-state index in [1.165, 1.54) is 21.0 Å². The largest absolute Gasteiger partial charge is 0.319 e. The van der Waals surface area contributed by atoms with Gasteiger partial charge in [-0.1, -0.05) is 12.5 Å². The van der Waals surface area contributed by atoms with E-state index in [0.717, 1.165) is 25.0 Å². The van der Waals surface area contributed by atoms with Crippen molar-refractivity contribution in [1.29, 1.82) is 0 Å². The summed E-state index contributed by atoms with van der Waals surface area (Å²) in [5, 5.41) is 6.82. The van der Waals surface area contributed by atoms with Gasteiger partial charge in [-0.25, -0.2) is 17.9 Å². The van der Waals surface area contributed by atoms with Crippen LogP contribution >= 0.6 is 0 Å². The van der Waals surface area contributed by atoms with Gasteiger partial charge in [-0.15, -0.1) is 5.10 Å². The van der Waals surface area contributed by atoms with Crippen molar-refractivity contribution in [2.45, 2.75) is 31.1 Å². The maximum Gasteiger partial charge on any atom is 0.295 e. The van der Waals surface area contributed by atoms with Crippen molar-refractivity contribution in [3.05, 3.63) is 48.0 Å². The van der Waals surface area contributed by atoms with E-state index < -0.39 is 15.9 Å². The molecule has 3 heterocycles. The Morgan fingerprint density at radius 2 is 1.93 bits per heavy atom. The number of sulfonamides is 1. The lowest BCUT2D eigenvalue weighted by molar-refractivity contribution is 0.101. The SMILES string of the molecule is Cc1ccnc2nc(C(=O)Nc3cccc(S(=O)(=O)N4CCCCC4)c3)nn12. The number of anilines is 1. The summed E-state index contributed by atoms with van der Waals surface area (Å²) in [6.07, 6.45) is 4.36. The summed E-state index contributed by atoms with van der Waals surface area (Å²) in [7, 11) is -3.57. The van der Waals surface area contributed by atoms with Gasteiger partial charge in [0.25, 0.3) is 11.7 Å². The van der Waals surface area contributed by atoms with E-state index in [1.54, 1.807) is 24.4 Å². The summed E-state index contributed by atoms with van der Waals surface area (Å²) in [5.74, 6) is -0.241. The highest BCUT2D eigenvalue weighted by Crippen LogP contribution is 2.23. The minimum Gasteiger partial charge on any atom is -0.319 e. The second kappa shape index (κ2) is 7.28. The van der Waals surface area contributed by atoms with Crippen LogP contribution in [0.3, 0.4) is 0 Å². The number of carbonyl (C=O) groups excluding carboxylic acids is 1. The number of piperidine rings is 1. The van der Waals surface area contributed by atoms with Crippen LogP contribution in [0, 0.1) is 6.92 Å². The average Bonchev–Trinajstić information content (AvgIpc) is 3.15. The third kappa shape index (κ3) is 3.48. The second-order valence-corrected chi connectivity index (χ2v) is 8.62. The molecule has 28 heavy (non-hydrogen) atoms. The van der Waals surface area contributed by atoms with Gasteiger partial charge in [0.05, 0.1) is 4.90 Å². The Kier molecular flexibility index (Phi) is 4.82. The number of nitrogens with zero attached hydrogens (tertiary/aromatic N) is 5. The lowest BCUT2D eigenvalue weighted by Gasteiger charge is -2.26. The molecule has 9 nitrogen and oxygen atoms in total. The van der Waals surface area contributed by atoms with Crippen molar-refractivity contribution < 1.29 is 13.2 Å². The topological polar surface area (TPSA) is 110 Å². The second-order valence-electron chi connectivity index (χ2n) is 6.68. The van der Waals surface area contributed by atoms with Crippen LogP contribution in [0.1, 0.15) is 35.6 Å². The molecule has 1 amide bonds. The molecule has 1 saturated heterocycles. The van der Waals surface area contributed by atoms with E-state index in [0.29, 0.717) is 24.6 Å². The fraction of sp³-hybridized carbons (Fsp3) is 0.333. The minimum atomic E-state index is -3.57. The molecule has 1 fully saturated rings. The quantitative estimate of drug-likeness (QED) is 0.716. The summed E-state index contributed by atoms with van der Waals surface area (Å²) in [6, 6.07) is 8.00. The fourth-order valence-corrected chi connectivity index (χ4v) is 4.74. The van der Waals surface area contributed by atoms with Crippen LogP contribution in [0.15, 0.2) is 41.4 Å². The molecule has 0 atom stereocenters. The molecule has 0 radical (unpaired) electrons. The smallest absolute Gasteiger partial charge is 0.295 e. The van der Waals surface area contributed by atoms with Gasteiger partial charge >= 0.3 is 0 Å². The van der Waals surface area contributed by atoms with Gasteiger partial charge in [-0.2, -0.15) is 9.29 Å². The Balaban J connectivity index is 1.57. The van der Waals surface area contributed by atoms with Crippen LogP contribution in [-0.2, 0) is 10.0 Å². The molecule has 0 unspecified atom stereocenters. The standard InChI is InChI=1S/C18H20N6O3S/c1-13-8-9-19-18-21-16(22-24(13)18)17(25)20-14-6-5-7-15(12-14)28(26,27)23-10-3-2-4-11-23/h5-9,12H,2-4,10-11H2,1H3,(H,20,25). The molecule has 146 valence electrons. The monoisotopic (exact) mass is 400 g/mol. The number of aromatic nitrogens is 4. The first-order valence-corrected chi connectivity index (χ1v) is 10.5. The number of fused-ring (bicyclic) bond motifs is 1. The van der Waals surface area contributed by atoms with E-state index in [-0.39, 0.29) is 10.7 Å². The predicted octanol–water partition coefficient (Wildman–Crippen LogP) is 1.86. The number of amides is 1. The Morgan fingerprint density at radius 1 is 1.14 bits per heavy atom. The number of benzene rings is 1. The zero-order chi connectivity index (χ0) is 19.7. The molecular formula is C18H20N6O3S. The summed E-state index contributed by atoms with van der Waals surface area (Å²) in [6.45, 7) is 2.88. The van der Waals surface area contributed by atoms with Crippen molar-refractivity contribution in [3.8, 4) is 0 Å². The molecule has 4 rings (SSSR count). The van der Waals surface area contributed by atoms with Gasteiger partial charge < -0.3 is 5.32 Å². The van der Waals surface area contributed by atoms with Crippen molar-refractivity contribution in [1.82, 2.24) is 23.9 Å². The molecule has 0 aliphatic carbocycles. The number of hydrogen-bond acceptors (Lipinski definition) is 6. The number of rotatable bonds is 4. The Morgan fingerprint density at radius 3 is 2.68 bits per heavy atom. The predicted molar refractivity (Wildman–Crippen MR) is 103 cm³/mol. The van der Waals surface area contributed by atoms with Crippen LogP contribution < -0.4 is 5.32 Å². The van der Waals surface area contributed by atoms with E-state index in [1.807, 2.05) is 6.92 Å². The van der Waals surface area contributed by atoms with E-state index in [9.17, 15) is 13.2 Å². The van der Waals surface area contributed by atoms with E-state index in [2.05, 4.69) is 20.4 Å². The zero-order valence-electron chi connectivity index (χ0n) is 15.4. The van der Waals surface area contributed by atoms with Gasteiger partial charge in [0.2, 0.25) is 15.8 Å². The van der Waals surface area contributed by atoms with Crippen LogP contribution in [0.4, 0.5) is 5.69 Å². The highest BCUT2D eigenvalue weighted by Gasteiger charge is 2.26. The van der Waals surface area contributed by atoms with Crippen LogP contribution in [0.5, 0.6) is 0 Å². The summed E-state index contributed by atoms with van der Waals surface area (Å²) < 4.78 is 28.6. The van der Waals surface area contributed by atoms with Gasteiger partial charge in [0.15, 0.2) is 0 Å². The third-order valence-electron chi connectivity index (χ3n) is 4.68. The number of hydrogen-bond donors (Lipinski definition) is 1. The number of nitrogens with one attached hydrogen (secondary N) is 1. The molecule has 2 aromatic heterocycles. The van der Waals surface area contributed by atoms with Crippen molar-refractivity contribution in [2.24, 2.45) is 0 Å². The van der Waals surface area contributed by atoms with Gasteiger partial charge in [-0.3, -0.25) is 4.79 Å². The molecular weight excluding hydrogens is 380 g/mol. The minimum absolute atomic E-state index is 0.0360. The first-order valence-electron chi connectivity index (χ1n) is 9.05.